The van der Waals surface area contributed by atoms with Gasteiger partial charge in [-0.15, -0.1) is 0 Å². The van der Waals surface area contributed by atoms with Crippen LogP contribution in [-0.2, 0) is 20.1 Å². The second-order valence-electron chi connectivity index (χ2n) is 4.86. The highest BCUT2D eigenvalue weighted by Crippen LogP contribution is 2.09. The van der Waals surface area contributed by atoms with Crippen LogP contribution < -0.4 is 10.6 Å². The van der Waals surface area contributed by atoms with E-state index in [2.05, 4.69) is 34.8 Å². The normalized spacial score (nSPS) is 11.5. The Labute approximate surface area is 130 Å². The van der Waals surface area contributed by atoms with E-state index in [1.165, 1.54) is 11.1 Å². The minimum absolute atomic E-state index is 0.663. The molecule has 1 aromatic carbocycles. The van der Waals surface area contributed by atoms with Crippen molar-refractivity contribution in [3.05, 3.63) is 58.9 Å². The first-order valence-electron chi connectivity index (χ1n) is 7.05. The summed E-state index contributed by atoms with van der Waals surface area (Å²) >= 11 is 5.89. The third-order valence-electron chi connectivity index (χ3n) is 3.03. The van der Waals surface area contributed by atoms with Crippen LogP contribution >= 0.6 is 11.6 Å². The molecule has 21 heavy (non-hydrogen) atoms. The highest BCUT2D eigenvalue weighted by Gasteiger charge is 1.99. The monoisotopic (exact) mass is 304 g/mol. The van der Waals surface area contributed by atoms with E-state index in [-0.39, 0.29) is 0 Å². The van der Waals surface area contributed by atoms with Gasteiger partial charge in [-0.05, 0) is 36.2 Å². The predicted molar refractivity (Wildman–Crippen MR) is 88.5 cm³/mol. The van der Waals surface area contributed by atoms with Gasteiger partial charge in [0.25, 0.3) is 0 Å². The van der Waals surface area contributed by atoms with Gasteiger partial charge in [-0.3, -0.25) is 0 Å². The summed E-state index contributed by atoms with van der Waals surface area (Å²) in [5.41, 5.74) is 2.37. The molecular weight excluding hydrogens is 284 g/mol. The van der Waals surface area contributed by atoms with Crippen molar-refractivity contribution >= 4 is 17.6 Å². The van der Waals surface area contributed by atoms with Crippen LogP contribution in [0.25, 0.3) is 0 Å². The fraction of sp³-hybridized carbons (Fsp3) is 0.312. The molecule has 0 bridgehead atoms. The van der Waals surface area contributed by atoms with Crippen molar-refractivity contribution in [2.45, 2.75) is 20.0 Å². The van der Waals surface area contributed by atoms with Crippen LogP contribution in [0.4, 0.5) is 0 Å². The topological polar surface area (TPSA) is 41.4 Å². The van der Waals surface area contributed by atoms with Crippen LogP contribution in [0.1, 0.15) is 18.1 Å². The molecule has 0 aliphatic rings. The summed E-state index contributed by atoms with van der Waals surface area (Å²) in [4.78, 5) is 4.58. The van der Waals surface area contributed by atoms with Crippen molar-refractivity contribution in [1.82, 2.24) is 15.2 Å². The van der Waals surface area contributed by atoms with Crippen LogP contribution in [0.15, 0.2) is 47.7 Å². The average Bonchev–Trinajstić information content (AvgIpc) is 2.89. The molecule has 0 aliphatic heterocycles. The van der Waals surface area contributed by atoms with E-state index >= 15 is 0 Å². The second kappa shape index (κ2) is 7.74. The van der Waals surface area contributed by atoms with Gasteiger partial charge in [-0.25, -0.2) is 4.99 Å². The molecule has 2 rings (SSSR count). The van der Waals surface area contributed by atoms with Crippen LogP contribution in [0.5, 0.6) is 0 Å². The minimum atomic E-state index is 0.663. The van der Waals surface area contributed by atoms with Gasteiger partial charge in [-0.1, -0.05) is 23.7 Å². The van der Waals surface area contributed by atoms with Crippen molar-refractivity contribution in [3.63, 3.8) is 0 Å². The van der Waals surface area contributed by atoms with Gasteiger partial charge >= 0.3 is 0 Å². The van der Waals surface area contributed by atoms with Crippen molar-refractivity contribution < 1.29 is 0 Å². The van der Waals surface area contributed by atoms with Crippen molar-refractivity contribution in [2.24, 2.45) is 12.0 Å². The third kappa shape index (κ3) is 5.16. The van der Waals surface area contributed by atoms with E-state index in [0.717, 1.165) is 24.1 Å². The van der Waals surface area contributed by atoms with Crippen LogP contribution in [0, 0.1) is 0 Å². The van der Waals surface area contributed by atoms with Gasteiger partial charge in [-0.2, -0.15) is 0 Å². The second-order valence-corrected chi connectivity index (χ2v) is 5.30. The molecule has 0 saturated carbocycles. The lowest BCUT2D eigenvalue weighted by Gasteiger charge is -2.11. The molecule has 0 saturated heterocycles. The van der Waals surface area contributed by atoms with Crippen molar-refractivity contribution in [3.8, 4) is 0 Å². The number of nitrogens with zero attached hydrogens (tertiary/aromatic N) is 2. The van der Waals surface area contributed by atoms with Gasteiger partial charge in [0.15, 0.2) is 5.96 Å². The minimum Gasteiger partial charge on any atom is -0.357 e. The smallest absolute Gasteiger partial charge is 0.191 e. The van der Waals surface area contributed by atoms with E-state index in [0.29, 0.717) is 6.54 Å². The summed E-state index contributed by atoms with van der Waals surface area (Å²) in [5.74, 6) is 0.816. The number of hydrogen-bond acceptors (Lipinski definition) is 1. The molecule has 1 heterocycles. The summed E-state index contributed by atoms with van der Waals surface area (Å²) in [6.07, 6.45) is 4.10. The lowest BCUT2D eigenvalue weighted by atomic mass is 10.2. The first-order chi connectivity index (χ1) is 10.2. The lowest BCUT2D eigenvalue weighted by Crippen LogP contribution is -2.36. The molecule has 112 valence electrons. The number of aromatic nitrogens is 1. The Morgan fingerprint density at radius 3 is 2.52 bits per heavy atom. The number of aryl methyl sites for hydroxylation is 1. The Morgan fingerprint density at radius 2 is 1.90 bits per heavy atom. The Kier molecular flexibility index (Phi) is 5.69. The fourth-order valence-corrected chi connectivity index (χ4v) is 2.08. The van der Waals surface area contributed by atoms with Crippen LogP contribution in [-0.4, -0.2) is 17.1 Å². The van der Waals surface area contributed by atoms with Gasteiger partial charge in [0.2, 0.25) is 0 Å². The van der Waals surface area contributed by atoms with E-state index in [1.54, 1.807) is 0 Å². The largest absolute Gasteiger partial charge is 0.357 e. The summed E-state index contributed by atoms with van der Waals surface area (Å²) in [7, 11) is 2.01. The molecule has 0 spiro atoms. The maximum Gasteiger partial charge on any atom is 0.191 e. The summed E-state index contributed by atoms with van der Waals surface area (Å²) < 4.78 is 2.03. The summed E-state index contributed by atoms with van der Waals surface area (Å²) in [6, 6.07) is 9.89. The average molecular weight is 305 g/mol. The number of guanidine groups is 1. The highest BCUT2D eigenvalue weighted by atomic mass is 35.5. The molecule has 2 aromatic rings. The number of benzene rings is 1. The molecule has 2 N–H and O–H groups in total. The van der Waals surface area contributed by atoms with E-state index < -0.39 is 0 Å². The first-order valence-corrected chi connectivity index (χ1v) is 7.42. The quantitative estimate of drug-likeness (QED) is 0.659. The standard InChI is InChI=1S/C16H21ClN4/c1-3-18-16(20-11-14-8-9-21(2)12-14)19-10-13-4-6-15(17)7-5-13/h4-9,12H,3,10-11H2,1-2H3,(H2,18,19,20). The van der Waals surface area contributed by atoms with Crippen LogP contribution in [0.2, 0.25) is 5.02 Å². The summed E-state index contributed by atoms with van der Waals surface area (Å²) in [5, 5.41) is 7.32. The molecule has 4 nitrogen and oxygen atoms in total. The van der Waals surface area contributed by atoms with Gasteiger partial charge in [0.1, 0.15) is 0 Å². The maximum absolute atomic E-state index is 5.89. The van der Waals surface area contributed by atoms with Crippen molar-refractivity contribution in [1.29, 1.82) is 0 Å². The Bertz CT molecular complexity index is 587. The molecular formula is C16H21ClN4. The molecule has 0 atom stereocenters. The lowest BCUT2D eigenvalue weighted by molar-refractivity contribution is 0.815. The molecule has 5 heteroatoms. The zero-order chi connectivity index (χ0) is 15.1. The number of aliphatic imine (C=N–C) groups is 1. The fourth-order valence-electron chi connectivity index (χ4n) is 1.95. The Morgan fingerprint density at radius 1 is 1.14 bits per heavy atom. The highest BCUT2D eigenvalue weighted by molar-refractivity contribution is 6.30. The van der Waals surface area contributed by atoms with Gasteiger partial charge in [0.05, 0.1) is 6.54 Å². The molecule has 1 aromatic heterocycles. The SMILES string of the molecule is CCNC(=NCc1ccn(C)c1)NCc1ccc(Cl)cc1. The van der Waals surface area contributed by atoms with Crippen LogP contribution in [0.3, 0.4) is 0 Å². The Hall–Kier alpha value is -1.94. The molecule has 0 fully saturated rings. The number of hydrogen-bond donors (Lipinski definition) is 2. The van der Waals surface area contributed by atoms with Gasteiger partial charge < -0.3 is 15.2 Å². The van der Waals surface area contributed by atoms with Crippen molar-refractivity contribution in [2.75, 3.05) is 6.54 Å². The molecule has 0 amide bonds. The third-order valence-corrected chi connectivity index (χ3v) is 3.28. The first kappa shape index (κ1) is 15.4. The number of rotatable bonds is 5. The zero-order valence-electron chi connectivity index (χ0n) is 12.4. The Balaban J connectivity index is 1.93. The summed E-state index contributed by atoms with van der Waals surface area (Å²) in [6.45, 7) is 4.28. The van der Waals surface area contributed by atoms with E-state index in [9.17, 15) is 0 Å². The molecule has 0 unspecified atom stereocenters. The molecule has 0 radical (unpaired) electrons. The number of halogens is 1. The van der Waals surface area contributed by atoms with Gasteiger partial charge in [0, 0.05) is 37.6 Å². The maximum atomic E-state index is 5.89. The number of nitrogens with one attached hydrogen (secondary N) is 2. The predicted octanol–water partition coefficient (Wildman–Crippen LogP) is 2.93. The van der Waals surface area contributed by atoms with E-state index in [1.807, 2.05) is 42.1 Å². The zero-order valence-corrected chi connectivity index (χ0v) is 13.2. The van der Waals surface area contributed by atoms with E-state index in [4.69, 9.17) is 11.6 Å². The molecule has 0 aliphatic carbocycles.